The fraction of sp³-hybridized carbons (Fsp3) is 0.500. The highest BCUT2D eigenvalue weighted by Crippen LogP contribution is 2.28. The largest absolute Gasteiger partial charge is 0.505 e. The number of hydrogen-bond donors (Lipinski definition) is 2. The van der Waals surface area contributed by atoms with Gasteiger partial charge >= 0.3 is 5.97 Å². The monoisotopic (exact) mass is 197 g/mol. The van der Waals surface area contributed by atoms with Crippen LogP contribution in [0.4, 0.5) is 0 Å². The van der Waals surface area contributed by atoms with Crippen LogP contribution in [0.25, 0.3) is 0 Å². The Bertz CT molecular complexity index is 328. The van der Waals surface area contributed by atoms with Crippen molar-refractivity contribution in [1.29, 1.82) is 0 Å². The van der Waals surface area contributed by atoms with E-state index in [2.05, 4.69) is 4.98 Å². The van der Waals surface area contributed by atoms with Gasteiger partial charge in [0.2, 0.25) is 0 Å². The summed E-state index contributed by atoms with van der Waals surface area (Å²) in [4.78, 5) is 14.0. The first-order chi connectivity index (χ1) is 6.57. The third-order valence-electron chi connectivity index (χ3n) is 1.98. The summed E-state index contributed by atoms with van der Waals surface area (Å²) >= 11 is 0. The van der Waals surface area contributed by atoms with Crippen LogP contribution in [0.3, 0.4) is 0 Å². The average Bonchev–Trinajstić information content (AvgIpc) is 2.47. The van der Waals surface area contributed by atoms with Crippen LogP contribution in [0.15, 0.2) is 6.20 Å². The van der Waals surface area contributed by atoms with Crippen LogP contribution >= 0.6 is 0 Å². The summed E-state index contributed by atoms with van der Waals surface area (Å²) in [6.07, 6.45) is 1.63. The second-order valence-electron chi connectivity index (χ2n) is 3.34. The molecule has 0 aliphatic carbocycles. The molecule has 4 heteroatoms. The number of H-pyrrole nitrogens is 1. The molecule has 14 heavy (non-hydrogen) atoms. The number of carbonyl (C=O) groups excluding carboxylic acids is 1. The molecule has 0 atom stereocenters. The Hall–Kier alpha value is -1.45. The molecule has 0 bridgehead atoms. The highest BCUT2D eigenvalue weighted by Gasteiger charge is 2.19. The lowest BCUT2D eigenvalue weighted by Gasteiger charge is -2.03. The molecule has 0 saturated heterocycles. The van der Waals surface area contributed by atoms with Crippen molar-refractivity contribution in [3.05, 3.63) is 17.5 Å². The standard InChI is InChI=1S/C10H15NO3/c1-4-14-10(13)8-9(12)7(5-11-8)6(2)3/h5-6,11-12H,4H2,1-3H3. The van der Waals surface area contributed by atoms with E-state index in [1.807, 2.05) is 13.8 Å². The number of nitrogens with one attached hydrogen (secondary N) is 1. The second kappa shape index (κ2) is 4.17. The molecule has 78 valence electrons. The summed E-state index contributed by atoms with van der Waals surface area (Å²) in [5.41, 5.74) is 0.864. The van der Waals surface area contributed by atoms with Gasteiger partial charge < -0.3 is 14.8 Å². The van der Waals surface area contributed by atoms with Crippen LogP contribution in [-0.4, -0.2) is 22.7 Å². The van der Waals surface area contributed by atoms with Gasteiger partial charge in [-0.25, -0.2) is 4.79 Å². The molecular weight excluding hydrogens is 182 g/mol. The number of rotatable bonds is 3. The Balaban J connectivity index is 2.95. The Morgan fingerprint density at radius 2 is 2.29 bits per heavy atom. The lowest BCUT2D eigenvalue weighted by Crippen LogP contribution is -2.05. The van der Waals surface area contributed by atoms with Crippen molar-refractivity contribution in [1.82, 2.24) is 4.98 Å². The molecule has 0 aromatic carbocycles. The Kier molecular flexibility index (Phi) is 3.17. The normalized spacial score (nSPS) is 10.6. The van der Waals surface area contributed by atoms with Gasteiger partial charge in [0, 0.05) is 11.8 Å². The summed E-state index contributed by atoms with van der Waals surface area (Å²) in [6, 6.07) is 0. The second-order valence-corrected chi connectivity index (χ2v) is 3.34. The zero-order valence-electron chi connectivity index (χ0n) is 8.63. The predicted octanol–water partition coefficient (Wildman–Crippen LogP) is 2.02. The van der Waals surface area contributed by atoms with Gasteiger partial charge in [0.05, 0.1) is 6.61 Å². The van der Waals surface area contributed by atoms with Crippen molar-refractivity contribution < 1.29 is 14.6 Å². The first-order valence-electron chi connectivity index (χ1n) is 4.65. The van der Waals surface area contributed by atoms with Crippen LogP contribution in [0.5, 0.6) is 5.75 Å². The van der Waals surface area contributed by atoms with Crippen molar-refractivity contribution in [2.24, 2.45) is 0 Å². The minimum atomic E-state index is -0.517. The number of aromatic nitrogens is 1. The van der Waals surface area contributed by atoms with E-state index < -0.39 is 5.97 Å². The number of esters is 1. The molecular formula is C10H15NO3. The molecule has 0 unspecified atom stereocenters. The third-order valence-corrected chi connectivity index (χ3v) is 1.98. The molecule has 0 radical (unpaired) electrons. The molecule has 1 heterocycles. The van der Waals surface area contributed by atoms with E-state index in [1.54, 1.807) is 13.1 Å². The van der Waals surface area contributed by atoms with Crippen molar-refractivity contribution in [3.8, 4) is 5.75 Å². The molecule has 2 N–H and O–H groups in total. The summed E-state index contributed by atoms with van der Waals surface area (Å²) in [5.74, 6) is -0.343. The van der Waals surface area contributed by atoms with E-state index in [1.165, 1.54) is 0 Å². The highest BCUT2D eigenvalue weighted by molar-refractivity contribution is 5.91. The molecule has 0 aliphatic heterocycles. The van der Waals surface area contributed by atoms with E-state index in [-0.39, 0.29) is 17.4 Å². The molecule has 1 aromatic heterocycles. The zero-order valence-corrected chi connectivity index (χ0v) is 8.63. The molecule has 0 amide bonds. The van der Waals surface area contributed by atoms with E-state index in [0.717, 1.165) is 5.56 Å². The minimum Gasteiger partial charge on any atom is -0.505 e. The van der Waals surface area contributed by atoms with Crippen molar-refractivity contribution in [3.63, 3.8) is 0 Å². The van der Waals surface area contributed by atoms with E-state index in [0.29, 0.717) is 6.61 Å². The van der Waals surface area contributed by atoms with E-state index in [4.69, 9.17) is 4.74 Å². The van der Waals surface area contributed by atoms with Crippen molar-refractivity contribution in [2.45, 2.75) is 26.7 Å². The zero-order chi connectivity index (χ0) is 10.7. The molecule has 0 spiro atoms. The van der Waals surface area contributed by atoms with Crippen molar-refractivity contribution in [2.75, 3.05) is 6.61 Å². The maximum absolute atomic E-state index is 11.3. The van der Waals surface area contributed by atoms with Crippen LogP contribution in [0.2, 0.25) is 0 Å². The first-order valence-corrected chi connectivity index (χ1v) is 4.65. The number of carbonyl (C=O) groups is 1. The SMILES string of the molecule is CCOC(=O)c1[nH]cc(C(C)C)c1O. The van der Waals surface area contributed by atoms with Gasteiger partial charge in [0.15, 0.2) is 11.4 Å². The Morgan fingerprint density at radius 3 is 2.71 bits per heavy atom. The summed E-state index contributed by atoms with van der Waals surface area (Å²) in [6.45, 7) is 5.91. The van der Waals surface area contributed by atoms with Gasteiger partial charge in [-0.15, -0.1) is 0 Å². The van der Waals surface area contributed by atoms with Gasteiger partial charge in [0.1, 0.15) is 0 Å². The summed E-state index contributed by atoms with van der Waals surface area (Å²) in [7, 11) is 0. The Morgan fingerprint density at radius 1 is 1.64 bits per heavy atom. The lowest BCUT2D eigenvalue weighted by molar-refractivity contribution is 0.0517. The number of aromatic hydroxyl groups is 1. The minimum absolute atomic E-state index is 0.00144. The van der Waals surface area contributed by atoms with Crippen LogP contribution in [-0.2, 0) is 4.74 Å². The quantitative estimate of drug-likeness (QED) is 0.729. The smallest absolute Gasteiger partial charge is 0.358 e. The van der Waals surface area contributed by atoms with E-state index in [9.17, 15) is 9.90 Å². The topological polar surface area (TPSA) is 62.3 Å². The van der Waals surface area contributed by atoms with Gasteiger partial charge in [-0.1, -0.05) is 13.8 Å². The van der Waals surface area contributed by atoms with Gasteiger partial charge in [-0.2, -0.15) is 0 Å². The molecule has 4 nitrogen and oxygen atoms in total. The van der Waals surface area contributed by atoms with Gasteiger partial charge in [0.25, 0.3) is 0 Å². The predicted molar refractivity (Wildman–Crippen MR) is 52.5 cm³/mol. The maximum atomic E-state index is 11.3. The molecule has 1 aromatic rings. The van der Waals surface area contributed by atoms with Gasteiger partial charge in [-0.05, 0) is 12.8 Å². The third kappa shape index (κ3) is 1.89. The maximum Gasteiger partial charge on any atom is 0.358 e. The number of ether oxygens (including phenoxy) is 1. The molecule has 0 aliphatic rings. The molecule has 1 rings (SSSR count). The molecule has 0 fully saturated rings. The Labute approximate surface area is 82.9 Å². The average molecular weight is 197 g/mol. The first kappa shape index (κ1) is 10.6. The van der Waals surface area contributed by atoms with Crippen molar-refractivity contribution >= 4 is 5.97 Å². The van der Waals surface area contributed by atoms with Crippen LogP contribution in [0, 0.1) is 0 Å². The fourth-order valence-electron chi connectivity index (χ4n) is 1.23. The number of aromatic amines is 1. The van der Waals surface area contributed by atoms with E-state index >= 15 is 0 Å². The van der Waals surface area contributed by atoms with Crippen LogP contribution < -0.4 is 0 Å². The summed E-state index contributed by atoms with van der Waals surface area (Å²) in [5, 5.41) is 9.66. The summed E-state index contributed by atoms with van der Waals surface area (Å²) < 4.78 is 4.77. The highest BCUT2D eigenvalue weighted by atomic mass is 16.5. The number of hydrogen-bond acceptors (Lipinski definition) is 3. The van der Waals surface area contributed by atoms with Gasteiger partial charge in [-0.3, -0.25) is 0 Å². The lowest BCUT2D eigenvalue weighted by atomic mass is 10.1. The molecule has 0 saturated carbocycles. The van der Waals surface area contributed by atoms with Crippen LogP contribution in [0.1, 0.15) is 42.7 Å². The fourth-order valence-corrected chi connectivity index (χ4v) is 1.23.